The minimum atomic E-state index is 0. The summed E-state index contributed by atoms with van der Waals surface area (Å²) in [6, 6.07) is 1.98. The third-order valence-corrected chi connectivity index (χ3v) is 2.40. The lowest BCUT2D eigenvalue weighted by atomic mass is 10.4. The molecule has 14 heavy (non-hydrogen) atoms. The molecule has 2 heterocycles. The summed E-state index contributed by atoms with van der Waals surface area (Å²) in [5, 5.41) is 4.17. The van der Waals surface area contributed by atoms with Crippen LogP contribution in [0.1, 0.15) is 12.8 Å². The SMILES string of the molecule is Cl.Cl.c1cnn(CCN2CCCC2)c1. The van der Waals surface area contributed by atoms with Crippen molar-refractivity contribution in [2.45, 2.75) is 19.4 Å². The standard InChI is InChI=1S/C9H15N3.2ClH/c1-2-6-11(5-1)8-9-12-7-3-4-10-12;;/h3-4,7H,1-2,5-6,8-9H2;2*1H. The van der Waals surface area contributed by atoms with Crippen LogP contribution in [-0.4, -0.2) is 34.3 Å². The van der Waals surface area contributed by atoms with Crippen molar-refractivity contribution in [3.63, 3.8) is 0 Å². The molecule has 0 spiro atoms. The molecule has 0 atom stereocenters. The van der Waals surface area contributed by atoms with E-state index in [1.54, 1.807) is 0 Å². The largest absolute Gasteiger partial charge is 0.301 e. The normalized spacial score (nSPS) is 16.0. The van der Waals surface area contributed by atoms with Gasteiger partial charge in [0.05, 0.1) is 6.54 Å². The predicted molar refractivity (Wildman–Crippen MR) is 62.4 cm³/mol. The van der Waals surface area contributed by atoms with Crippen LogP contribution in [0.3, 0.4) is 0 Å². The number of aromatic nitrogens is 2. The van der Waals surface area contributed by atoms with Gasteiger partial charge in [-0.3, -0.25) is 4.68 Å². The average molecular weight is 238 g/mol. The van der Waals surface area contributed by atoms with Gasteiger partial charge in [0.15, 0.2) is 0 Å². The molecule has 3 nitrogen and oxygen atoms in total. The molecule has 0 radical (unpaired) electrons. The number of rotatable bonds is 3. The van der Waals surface area contributed by atoms with Crippen LogP contribution in [0.4, 0.5) is 0 Å². The van der Waals surface area contributed by atoms with Crippen LogP contribution in [0.15, 0.2) is 18.5 Å². The maximum atomic E-state index is 4.17. The maximum Gasteiger partial charge on any atom is 0.0536 e. The summed E-state index contributed by atoms with van der Waals surface area (Å²) in [5.41, 5.74) is 0. The van der Waals surface area contributed by atoms with Gasteiger partial charge >= 0.3 is 0 Å². The van der Waals surface area contributed by atoms with Crippen molar-refractivity contribution in [1.29, 1.82) is 0 Å². The Morgan fingerprint density at radius 2 is 1.79 bits per heavy atom. The molecule has 0 unspecified atom stereocenters. The molecule has 0 N–H and O–H groups in total. The number of nitrogens with zero attached hydrogens (tertiary/aromatic N) is 3. The Morgan fingerprint density at radius 3 is 2.36 bits per heavy atom. The third kappa shape index (κ3) is 3.86. The van der Waals surface area contributed by atoms with Crippen LogP contribution in [0, 0.1) is 0 Å². The Labute approximate surface area is 97.3 Å². The second-order valence-corrected chi connectivity index (χ2v) is 3.32. The molecule has 1 aliphatic heterocycles. The van der Waals surface area contributed by atoms with Crippen molar-refractivity contribution in [2.24, 2.45) is 0 Å². The lowest BCUT2D eigenvalue weighted by Crippen LogP contribution is -2.24. The van der Waals surface area contributed by atoms with Crippen LogP contribution < -0.4 is 0 Å². The molecule has 1 aliphatic rings. The summed E-state index contributed by atoms with van der Waals surface area (Å²) in [4.78, 5) is 2.50. The average Bonchev–Trinajstić information content (AvgIpc) is 2.74. The van der Waals surface area contributed by atoms with Crippen molar-refractivity contribution in [1.82, 2.24) is 14.7 Å². The monoisotopic (exact) mass is 237 g/mol. The van der Waals surface area contributed by atoms with E-state index in [0.717, 1.165) is 13.1 Å². The first-order chi connectivity index (χ1) is 5.95. The highest BCUT2D eigenvalue weighted by molar-refractivity contribution is 5.85. The molecule has 2 rings (SSSR count). The second kappa shape index (κ2) is 7.10. The molecular weight excluding hydrogens is 221 g/mol. The van der Waals surface area contributed by atoms with Crippen LogP contribution in [0.2, 0.25) is 0 Å². The van der Waals surface area contributed by atoms with E-state index in [9.17, 15) is 0 Å². The molecule has 0 amide bonds. The summed E-state index contributed by atoms with van der Waals surface area (Å²) < 4.78 is 2.00. The zero-order chi connectivity index (χ0) is 8.23. The number of hydrogen-bond donors (Lipinski definition) is 0. The Balaban J connectivity index is 0.000000845. The smallest absolute Gasteiger partial charge is 0.0536 e. The highest BCUT2D eigenvalue weighted by Crippen LogP contribution is 2.06. The van der Waals surface area contributed by atoms with Crippen LogP contribution in [-0.2, 0) is 6.54 Å². The van der Waals surface area contributed by atoms with E-state index in [1.807, 2.05) is 23.1 Å². The highest BCUT2D eigenvalue weighted by Gasteiger charge is 2.10. The molecule has 0 saturated carbocycles. The molecule has 0 aliphatic carbocycles. The Morgan fingerprint density at radius 1 is 1.07 bits per heavy atom. The van der Waals surface area contributed by atoms with Gasteiger partial charge in [0.25, 0.3) is 0 Å². The lowest BCUT2D eigenvalue weighted by Gasteiger charge is -2.13. The molecule has 1 fully saturated rings. The van der Waals surface area contributed by atoms with E-state index >= 15 is 0 Å². The molecule has 1 aromatic heterocycles. The first-order valence-electron chi connectivity index (χ1n) is 4.65. The zero-order valence-electron chi connectivity index (χ0n) is 8.13. The van der Waals surface area contributed by atoms with Crippen molar-refractivity contribution in [2.75, 3.05) is 19.6 Å². The first-order valence-corrected chi connectivity index (χ1v) is 4.65. The van der Waals surface area contributed by atoms with E-state index in [1.165, 1.54) is 25.9 Å². The second-order valence-electron chi connectivity index (χ2n) is 3.32. The summed E-state index contributed by atoms with van der Waals surface area (Å²) in [5.74, 6) is 0. The van der Waals surface area contributed by atoms with Crippen molar-refractivity contribution in [3.05, 3.63) is 18.5 Å². The molecule has 1 saturated heterocycles. The van der Waals surface area contributed by atoms with E-state index in [2.05, 4.69) is 10.00 Å². The first kappa shape index (κ1) is 13.8. The van der Waals surface area contributed by atoms with Crippen molar-refractivity contribution >= 4 is 24.8 Å². The summed E-state index contributed by atoms with van der Waals surface area (Å²) in [7, 11) is 0. The van der Waals surface area contributed by atoms with Gasteiger partial charge in [0.1, 0.15) is 0 Å². The Hall–Kier alpha value is -0.250. The van der Waals surface area contributed by atoms with Gasteiger partial charge < -0.3 is 4.90 Å². The quantitative estimate of drug-likeness (QED) is 0.800. The lowest BCUT2D eigenvalue weighted by molar-refractivity contribution is 0.316. The van der Waals surface area contributed by atoms with Gasteiger partial charge in [-0.15, -0.1) is 24.8 Å². The van der Waals surface area contributed by atoms with Crippen molar-refractivity contribution in [3.8, 4) is 0 Å². The topological polar surface area (TPSA) is 21.1 Å². The number of hydrogen-bond acceptors (Lipinski definition) is 2. The van der Waals surface area contributed by atoms with Gasteiger partial charge in [-0.1, -0.05) is 0 Å². The van der Waals surface area contributed by atoms with Gasteiger partial charge in [-0.05, 0) is 32.0 Å². The summed E-state index contributed by atoms with van der Waals surface area (Å²) in [6.45, 7) is 4.75. The van der Waals surface area contributed by atoms with Gasteiger partial charge in [-0.25, -0.2) is 0 Å². The molecule has 5 heteroatoms. The summed E-state index contributed by atoms with van der Waals surface area (Å²) >= 11 is 0. The van der Waals surface area contributed by atoms with Crippen LogP contribution in [0.25, 0.3) is 0 Å². The fraction of sp³-hybridized carbons (Fsp3) is 0.667. The molecule has 0 aromatic carbocycles. The number of halogens is 2. The molecular formula is C9H17Cl2N3. The fourth-order valence-corrected chi connectivity index (χ4v) is 1.68. The molecule has 82 valence electrons. The number of likely N-dealkylation sites (tertiary alicyclic amines) is 1. The zero-order valence-corrected chi connectivity index (χ0v) is 9.77. The highest BCUT2D eigenvalue weighted by atomic mass is 35.5. The summed E-state index contributed by atoms with van der Waals surface area (Å²) in [6.07, 6.45) is 6.61. The fourth-order valence-electron chi connectivity index (χ4n) is 1.68. The maximum absolute atomic E-state index is 4.17. The van der Waals surface area contributed by atoms with Crippen molar-refractivity contribution < 1.29 is 0 Å². The van der Waals surface area contributed by atoms with Gasteiger partial charge in [0, 0.05) is 18.9 Å². The Bertz CT molecular complexity index is 220. The predicted octanol–water partition coefficient (Wildman–Crippen LogP) is 1.82. The van der Waals surface area contributed by atoms with Gasteiger partial charge in [0.2, 0.25) is 0 Å². The third-order valence-electron chi connectivity index (χ3n) is 2.40. The minimum absolute atomic E-state index is 0. The minimum Gasteiger partial charge on any atom is -0.301 e. The van der Waals surface area contributed by atoms with E-state index < -0.39 is 0 Å². The van der Waals surface area contributed by atoms with E-state index in [4.69, 9.17) is 0 Å². The van der Waals surface area contributed by atoms with Gasteiger partial charge in [-0.2, -0.15) is 5.10 Å². The molecule has 1 aromatic rings. The molecule has 0 bridgehead atoms. The van der Waals surface area contributed by atoms with E-state index in [0.29, 0.717) is 0 Å². The van der Waals surface area contributed by atoms with Crippen LogP contribution >= 0.6 is 24.8 Å². The Kier molecular flexibility index (Phi) is 6.97. The van der Waals surface area contributed by atoms with E-state index in [-0.39, 0.29) is 24.8 Å². The van der Waals surface area contributed by atoms with Crippen LogP contribution in [0.5, 0.6) is 0 Å².